The predicted octanol–water partition coefficient (Wildman–Crippen LogP) is 4.09. The number of thiol groups is 1. The summed E-state index contributed by atoms with van der Waals surface area (Å²) in [6.07, 6.45) is 0. The lowest BCUT2D eigenvalue weighted by atomic mass is 10.1. The molecule has 0 radical (unpaired) electrons. The van der Waals surface area contributed by atoms with Crippen LogP contribution in [-0.2, 0) is 0 Å². The zero-order chi connectivity index (χ0) is 13.4. The summed E-state index contributed by atoms with van der Waals surface area (Å²) in [5, 5.41) is 9.85. The van der Waals surface area contributed by atoms with Crippen LogP contribution in [0.15, 0.2) is 57.8 Å². The number of fused-ring (bicyclic) bond motifs is 1. The van der Waals surface area contributed by atoms with E-state index in [0.29, 0.717) is 5.76 Å². The second kappa shape index (κ2) is 4.48. The van der Waals surface area contributed by atoms with Crippen molar-refractivity contribution in [1.29, 1.82) is 0 Å². The van der Waals surface area contributed by atoms with Gasteiger partial charge in [0.05, 0.1) is 5.56 Å². The highest BCUT2D eigenvalue weighted by Gasteiger charge is 2.08. The van der Waals surface area contributed by atoms with Gasteiger partial charge in [-0.05, 0) is 36.4 Å². The van der Waals surface area contributed by atoms with Crippen molar-refractivity contribution in [3.8, 4) is 11.3 Å². The van der Waals surface area contributed by atoms with Crippen molar-refractivity contribution in [3.05, 3.63) is 54.1 Å². The smallest absolute Gasteiger partial charge is 0.335 e. The molecule has 3 nitrogen and oxygen atoms in total. The van der Waals surface area contributed by atoms with Crippen molar-refractivity contribution in [3.63, 3.8) is 0 Å². The fraction of sp³-hybridized carbons (Fsp3) is 0. The quantitative estimate of drug-likeness (QED) is 0.690. The van der Waals surface area contributed by atoms with E-state index in [1.165, 1.54) is 0 Å². The number of benzene rings is 2. The molecule has 1 aromatic heterocycles. The van der Waals surface area contributed by atoms with E-state index >= 15 is 0 Å². The Labute approximate surface area is 114 Å². The number of hydrogen-bond acceptors (Lipinski definition) is 3. The number of aromatic carboxylic acids is 1. The Morgan fingerprint density at radius 3 is 2.47 bits per heavy atom. The number of furan rings is 1. The molecule has 0 fully saturated rings. The molecule has 0 bridgehead atoms. The molecule has 0 atom stereocenters. The molecule has 0 amide bonds. The standard InChI is InChI=1S/C15H10O3S/c16-15(17)10-3-1-9(2-4-10)13-7-11-5-6-12(19)8-14(11)18-13/h1-8,19H,(H,16,17). The van der Waals surface area contributed by atoms with Gasteiger partial charge in [0.15, 0.2) is 0 Å². The number of hydrogen-bond donors (Lipinski definition) is 2. The van der Waals surface area contributed by atoms with Gasteiger partial charge in [-0.3, -0.25) is 0 Å². The highest BCUT2D eigenvalue weighted by Crippen LogP contribution is 2.29. The normalized spacial score (nSPS) is 10.8. The minimum Gasteiger partial charge on any atom is -0.478 e. The van der Waals surface area contributed by atoms with E-state index in [0.717, 1.165) is 21.4 Å². The van der Waals surface area contributed by atoms with Gasteiger partial charge in [0.1, 0.15) is 11.3 Å². The lowest BCUT2D eigenvalue weighted by molar-refractivity contribution is 0.0697. The topological polar surface area (TPSA) is 50.4 Å². The van der Waals surface area contributed by atoms with Gasteiger partial charge in [0.25, 0.3) is 0 Å². The van der Waals surface area contributed by atoms with Crippen LogP contribution in [0.25, 0.3) is 22.3 Å². The monoisotopic (exact) mass is 270 g/mol. The molecule has 0 aliphatic carbocycles. The lowest BCUT2D eigenvalue weighted by Crippen LogP contribution is -1.94. The molecule has 0 saturated carbocycles. The molecule has 0 aliphatic rings. The maximum atomic E-state index is 10.8. The third kappa shape index (κ3) is 2.22. The van der Waals surface area contributed by atoms with Crippen LogP contribution in [0, 0.1) is 0 Å². The highest BCUT2D eigenvalue weighted by molar-refractivity contribution is 7.80. The van der Waals surface area contributed by atoms with E-state index in [1.54, 1.807) is 24.3 Å². The van der Waals surface area contributed by atoms with Crippen LogP contribution < -0.4 is 0 Å². The first-order chi connectivity index (χ1) is 9.13. The minimum absolute atomic E-state index is 0.262. The zero-order valence-corrected chi connectivity index (χ0v) is 10.7. The van der Waals surface area contributed by atoms with Crippen LogP contribution in [-0.4, -0.2) is 11.1 Å². The van der Waals surface area contributed by atoms with Crippen LogP contribution in [0.1, 0.15) is 10.4 Å². The summed E-state index contributed by atoms with van der Waals surface area (Å²) in [7, 11) is 0. The fourth-order valence-corrected chi connectivity index (χ4v) is 2.13. The van der Waals surface area contributed by atoms with E-state index in [4.69, 9.17) is 9.52 Å². The van der Waals surface area contributed by atoms with Gasteiger partial charge in [-0.25, -0.2) is 4.79 Å². The predicted molar refractivity (Wildman–Crippen MR) is 75.9 cm³/mol. The molecular weight excluding hydrogens is 260 g/mol. The van der Waals surface area contributed by atoms with Gasteiger partial charge in [0.2, 0.25) is 0 Å². The maximum Gasteiger partial charge on any atom is 0.335 e. The molecule has 4 heteroatoms. The van der Waals surface area contributed by atoms with Crippen LogP contribution in [0.2, 0.25) is 0 Å². The highest BCUT2D eigenvalue weighted by atomic mass is 32.1. The van der Waals surface area contributed by atoms with Crippen molar-refractivity contribution in [2.45, 2.75) is 4.90 Å². The van der Waals surface area contributed by atoms with Gasteiger partial charge in [-0.2, -0.15) is 0 Å². The molecule has 3 rings (SSSR count). The minimum atomic E-state index is -0.934. The molecule has 2 aromatic carbocycles. The summed E-state index contributed by atoms with van der Waals surface area (Å²) in [5.41, 5.74) is 1.88. The summed E-state index contributed by atoms with van der Waals surface area (Å²) in [6, 6.07) is 14.2. The average molecular weight is 270 g/mol. The Balaban J connectivity index is 2.06. The second-order valence-corrected chi connectivity index (χ2v) is 4.73. The van der Waals surface area contributed by atoms with E-state index in [9.17, 15) is 4.79 Å². The summed E-state index contributed by atoms with van der Waals surface area (Å²) < 4.78 is 5.74. The van der Waals surface area contributed by atoms with Gasteiger partial charge in [0, 0.05) is 15.8 Å². The van der Waals surface area contributed by atoms with Gasteiger partial charge < -0.3 is 9.52 Å². The summed E-state index contributed by atoms with van der Waals surface area (Å²) in [5.74, 6) is -0.221. The molecule has 1 heterocycles. The third-order valence-electron chi connectivity index (χ3n) is 2.92. The molecule has 0 unspecified atom stereocenters. The first kappa shape index (κ1) is 11.9. The first-order valence-electron chi connectivity index (χ1n) is 5.70. The molecular formula is C15H10O3S. The Morgan fingerprint density at radius 2 is 1.79 bits per heavy atom. The van der Waals surface area contributed by atoms with E-state index in [-0.39, 0.29) is 5.56 Å². The van der Waals surface area contributed by atoms with Crippen LogP contribution in [0.5, 0.6) is 0 Å². The molecule has 19 heavy (non-hydrogen) atoms. The lowest BCUT2D eigenvalue weighted by Gasteiger charge is -1.97. The first-order valence-corrected chi connectivity index (χ1v) is 6.14. The van der Waals surface area contributed by atoms with Crippen molar-refractivity contribution in [1.82, 2.24) is 0 Å². The second-order valence-electron chi connectivity index (χ2n) is 4.22. The summed E-state index contributed by atoms with van der Waals surface area (Å²) >= 11 is 4.27. The summed E-state index contributed by atoms with van der Waals surface area (Å²) in [4.78, 5) is 11.6. The largest absolute Gasteiger partial charge is 0.478 e. The zero-order valence-electron chi connectivity index (χ0n) is 9.83. The van der Waals surface area contributed by atoms with Gasteiger partial charge in [-0.15, -0.1) is 12.6 Å². The molecule has 0 aliphatic heterocycles. The molecule has 0 spiro atoms. The maximum absolute atomic E-state index is 10.8. The summed E-state index contributed by atoms with van der Waals surface area (Å²) in [6.45, 7) is 0. The Bertz CT molecular complexity index is 757. The molecule has 94 valence electrons. The fourth-order valence-electron chi connectivity index (χ4n) is 1.94. The Kier molecular flexibility index (Phi) is 2.80. The molecule has 1 N–H and O–H groups in total. The Morgan fingerprint density at radius 1 is 1.05 bits per heavy atom. The number of carboxylic acid groups (broad SMARTS) is 1. The van der Waals surface area contributed by atoms with E-state index in [1.807, 2.05) is 24.3 Å². The van der Waals surface area contributed by atoms with E-state index < -0.39 is 5.97 Å². The average Bonchev–Trinajstić information content (AvgIpc) is 2.81. The number of rotatable bonds is 2. The van der Waals surface area contributed by atoms with Crippen LogP contribution in [0.4, 0.5) is 0 Å². The Hall–Kier alpha value is -2.20. The van der Waals surface area contributed by atoms with Crippen LogP contribution >= 0.6 is 12.6 Å². The van der Waals surface area contributed by atoms with Crippen molar-refractivity contribution >= 4 is 29.6 Å². The van der Waals surface area contributed by atoms with Gasteiger partial charge in [-0.1, -0.05) is 12.1 Å². The van der Waals surface area contributed by atoms with Crippen LogP contribution in [0.3, 0.4) is 0 Å². The van der Waals surface area contributed by atoms with Crippen molar-refractivity contribution < 1.29 is 14.3 Å². The third-order valence-corrected chi connectivity index (χ3v) is 3.20. The molecule has 0 saturated heterocycles. The molecule has 3 aromatic rings. The number of carbonyl (C=O) groups is 1. The number of carboxylic acids is 1. The van der Waals surface area contributed by atoms with Crippen molar-refractivity contribution in [2.75, 3.05) is 0 Å². The van der Waals surface area contributed by atoms with Gasteiger partial charge >= 0.3 is 5.97 Å². The SMILES string of the molecule is O=C(O)c1ccc(-c2cc3ccc(S)cc3o2)cc1. The van der Waals surface area contributed by atoms with E-state index in [2.05, 4.69) is 12.6 Å². The van der Waals surface area contributed by atoms with Crippen molar-refractivity contribution in [2.24, 2.45) is 0 Å².